The third kappa shape index (κ3) is 11.6. The van der Waals surface area contributed by atoms with Crippen molar-refractivity contribution in [1.29, 1.82) is 0 Å². The Kier molecular flexibility index (Phi) is 15.3. The van der Waals surface area contributed by atoms with E-state index in [4.69, 9.17) is 9.47 Å². The van der Waals surface area contributed by atoms with Crippen LogP contribution in [0.5, 0.6) is 0 Å². The van der Waals surface area contributed by atoms with E-state index < -0.39 is 74.8 Å². The minimum atomic E-state index is -4.14. The van der Waals surface area contributed by atoms with Gasteiger partial charge in [0.1, 0.15) is 25.4 Å². The van der Waals surface area contributed by atoms with Crippen molar-refractivity contribution < 1.29 is 59.0 Å². The quantitative estimate of drug-likeness (QED) is 0.0180. The van der Waals surface area contributed by atoms with Gasteiger partial charge in [-0.1, -0.05) is 0 Å². The highest BCUT2D eigenvalue weighted by Crippen LogP contribution is 2.26. The summed E-state index contributed by atoms with van der Waals surface area (Å²) >= 11 is 4.27. The van der Waals surface area contributed by atoms with Gasteiger partial charge in [0.05, 0.1) is 46.2 Å². The predicted octanol–water partition coefficient (Wildman–Crippen LogP) is 9.16. The number of carbonyl (C=O) groups is 3. The lowest BCUT2D eigenvalue weighted by Gasteiger charge is -2.24. The molecule has 0 amide bonds. The molecule has 0 atom stereocenters. The summed E-state index contributed by atoms with van der Waals surface area (Å²) in [5, 5.41) is 8.28. The van der Waals surface area contributed by atoms with Crippen LogP contribution >= 0.6 is 45.2 Å². The largest absolute Gasteiger partial charge is 0.461 e. The number of rotatable bonds is 16. The van der Waals surface area contributed by atoms with Crippen LogP contribution in [0.25, 0.3) is 0 Å². The summed E-state index contributed by atoms with van der Waals surface area (Å²) in [6, 6.07) is 25.7. The molecule has 0 bridgehead atoms. The van der Waals surface area contributed by atoms with Gasteiger partial charge in [0.15, 0.2) is 33.1 Å². The van der Waals surface area contributed by atoms with Crippen molar-refractivity contribution in [2.75, 3.05) is 43.6 Å². The van der Waals surface area contributed by atoms with E-state index in [1.807, 2.05) is 4.90 Å². The molecule has 5 rings (SSSR count). The monoisotopic (exact) mass is 1050 g/mol. The second-order valence-electron chi connectivity index (χ2n) is 11.9. The van der Waals surface area contributed by atoms with Gasteiger partial charge in [0.25, 0.3) is 0 Å². The summed E-state index contributed by atoms with van der Waals surface area (Å²) in [5.74, 6) is -15.8. The minimum absolute atomic E-state index is 0.0343. The van der Waals surface area contributed by atoms with E-state index in [-0.39, 0.29) is 36.9 Å². The normalized spacial score (nSPS) is 11.4. The third-order valence-corrected chi connectivity index (χ3v) is 11.2. The molecule has 0 aromatic heterocycles. The van der Waals surface area contributed by atoms with Gasteiger partial charge in [-0.15, -0.1) is 0 Å². The molecule has 0 aliphatic heterocycles. The number of hydrogen-bond donors (Lipinski definition) is 0. The highest BCUT2D eigenvalue weighted by molar-refractivity contribution is 14.1. The number of anilines is 1. The van der Waals surface area contributed by atoms with E-state index in [1.165, 1.54) is 24.3 Å². The van der Waals surface area contributed by atoms with Crippen molar-refractivity contribution in [2.45, 2.75) is 4.90 Å². The number of ether oxygens (including phenoxy) is 3. The average Bonchev–Trinajstić information content (AvgIpc) is 3.21. The molecule has 0 radical (unpaired) electrons. The second-order valence-corrected chi connectivity index (χ2v) is 16.5. The molecule has 11 nitrogen and oxygen atoms in total. The van der Waals surface area contributed by atoms with Gasteiger partial charge in [-0.25, -0.2) is 44.8 Å². The first kappa shape index (κ1) is 44.1. The lowest BCUT2D eigenvalue weighted by Crippen LogP contribution is -2.32. The summed E-state index contributed by atoms with van der Waals surface area (Å²) in [7, 11) is -4.14. The zero-order valence-corrected chi connectivity index (χ0v) is 34.8. The number of benzene rings is 5. The van der Waals surface area contributed by atoms with Crippen molar-refractivity contribution in [2.24, 2.45) is 10.2 Å². The molecule has 58 heavy (non-hydrogen) atoms. The lowest BCUT2D eigenvalue weighted by atomic mass is 10.1. The molecule has 0 aliphatic rings. The number of halogens is 7. The molecule has 0 unspecified atom stereocenters. The smallest absolute Gasteiger partial charge is 0.344 e. The van der Waals surface area contributed by atoms with E-state index >= 15 is 0 Å². The Morgan fingerprint density at radius 2 is 0.931 bits per heavy atom. The number of sulfone groups is 1. The maximum atomic E-state index is 13.9. The van der Waals surface area contributed by atoms with Gasteiger partial charge in [0, 0.05) is 12.8 Å². The highest BCUT2D eigenvalue weighted by atomic mass is 127. The molecule has 0 spiro atoms. The van der Waals surface area contributed by atoms with Gasteiger partial charge in [-0.2, -0.15) is 10.2 Å². The molecule has 0 saturated heterocycles. The summed E-state index contributed by atoms with van der Waals surface area (Å²) < 4.78 is 111. The maximum absolute atomic E-state index is 13.9. The van der Waals surface area contributed by atoms with Gasteiger partial charge in [0.2, 0.25) is 5.82 Å². The predicted molar refractivity (Wildman–Crippen MR) is 217 cm³/mol. The fourth-order valence-corrected chi connectivity index (χ4v) is 6.80. The molecular formula is C39H28F5I2N3O8S. The molecule has 0 fully saturated rings. The van der Waals surface area contributed by atoms with Gasteiger partial charge >= 0.3 is 17.9 Å². The Morgan fingerprint density at radius 1 is 0.534 bits per heavy atom. The highest BCUT2D eigenvalue weighted by Gasteiger charge is 2.31. The Bertz CT molecular complexity index is 2330. The van der Waals surface area contributed by atoms with Crippen LogP contribution in [0.4, 0.5) is 39.0 Å². The fraction of sp³-hybridized carbons (Fsp3) is 0.154. The van der Waals surface area contributed by atoms with Crippen molar-refractivity contribution in [3.05, 3.63) is 150 Å². The van der Waals surface area contributed by atoms with Crippen LogP contribution in [0.1, 0.15) is 31.1 Å². The lowest BCUT2D eigenvalue weighted by molar-refractivity contribution is 0.0494. The Hall–Kier alpha value is -5.03. The van der Waals surface area contributed by atoms with Crippen molar-refractivity contribution in [3.63, 3.8) is 0 Å². The molecule has 5 aromatic rings. The van der Waals surface area contributed by atoms with Crippen molar-refractivity contribution in [3.8, 4) is 0 Å². The molecule has 0 heterocycles. The molecule has 19 heteroatoms. The van der Waals surface area contributed by atoms with Crippen LogP contribution in [0, 0.1) is 36.2 Å². The number of azo groups is 1. The summed E-state index contributed by atoms with van der Waals surface area (Å²) in [6.07, 6.45) is 0. The van der Waals surface area contributed by atoms with E-state index in [2.05, 4.69) is 60.1 Å². The van der Waals surface area contributed by atoms with Crippen molar-refractivity contribution >= 4 is 90.0 Å². The van der Waals surface area contributed by atoms with E-state index in [9.17, 15) is 44.8 Å². The maximum Gasteiger partial charge on any atom is 0.344 e. The number of nitrogens with zero attached hydrogens (tertiary/aromatic N) is 3. The molecule has 5 aromatic carbocycles. The molecule has 0 N–H and O–H groups in total. The number of carbonyl (C=O) groups excluding carboxylic acids is 3. The molecule has 0 aliphatic carbocycles. The third-order valence-electron chi connectivity index (χ3n) is 8.04. The SMILES string of the molecule is O=C(OCCN(CCOC(=O)c1ccc(I)cc1)c1ccc(N=Nc2ccc(S(=O)(=O)CCOC(=O)c3c(F)c(F)c(F)c(F)c3F)cc2)cc1)c1ccc(I)cc1. The first-order chi connectivity index (χ1) is 27.6. The van der Waals surface area contributed by atoms with Crippen LogP contribution in [-0.4, -0.2) is 65.0 Å². The topological polar surface area (TPSA) is 141 Å². The summed E-state index contributed by atoms with van der Waals surface area (Å²) in [6.45, 7) is -0.354. The Morgan fingerprint density at radius 3 is 1.38 bits per heavy atom. The average molecular weight is 1050 g/mol. The van der Waals surface area contributed by atoms with Crippen LogP contribution < -0.4 is 4.90 Å². The second kappa shape index (κ2) is 20.1. The van der Waals surface area contributed by atoms with Gasteiger partial charge in [-0.05, 0) is 142 Å². The summed E-state index contributed by atoms with van der Waals surface area (Å²) in [4.78, 5) is 38.8. The zero-order valence-electron chi connectivity index (χ0n) is 29.6. The molecule has 0 saturated carbocycles. The van der Waals surface area contributed by atoms with Crippen LogP contribution in [0.3, 0.4) is 0 Å². The number of hydrogen-bond acceptors (Lipinski definition) is 11. The van der Waals surface area contributed by atoms with Gasteiger partial charge < -0.3 is 19.1 Å². The van der Waals surface area contributed by atoms with E-state index in [0.29, 0.717) is 22.5 Å². The Labute approximate surface area is 355 Å². The number of esters is 3. The van der Waals surface area contributed by atoms with Gasteiger partial charge in [-0.3, -0.25) is 0 Å². The Balaban J connectivity index is 1.18. The summed E-state index contributed by atoms with van der Waals surface area (Å²) in [5.41, 5.74) is 0.344. The fourth-order valence-electron chi connectivity index (χ4n) is 4.99. The van der Waals surface area contributed by atoms with Crippen LogP contribution in [0.2, 0.25) is 0 Å². The van der Waals surface area contributed by atoms with E-state index in [1.54, 1.807) is 72.8 Å². The van der Waals surface area contributed by atoms with Crippen LogP contribution in [0.15, 0.2) is 112 Å². The molecular weight excluding hydrogens is 1020 g/mol. The molecule has 302 valence electrons. The minimum Gasteiger partial charge on any atom is -0.461 e. The van der Waals surface area contributed by atoms with Crippen molar-refractivity contribution in [1.82, 2.24) is 0 Å². The standard InChI is InChI=1S/C39H28F5I2N3O8S/c40-32-31(33(41)35(43)36(44)34(32)42)39(52)57-21-22-58(53,54)30-15-11-28(12-16-30)48-47-27-9-13-29(14-10-27)49(17-19-55-37(50)23-1-5-25(45)6-2-23)18-20-56-38(51)24-3-7-26(46)8-4-24/h1-16H,17-22H2. The first-order valence-electron chi connectivity index (χ1n) is 16.8. The first-order valence-corrected chi connectivity index (χ1v) is 20.6. The van der Waals surface area contributed by atoms with E-state index in [0.717, 1.165) is 7.14 Å². The van der Waals surface area contributed by atoms with Crippen LogP contribution in [-0.2, 0) is 24.0 Å². The zero-order chi connectivity index (χ0) is 42.0.